The van der Waals surface area contributed by atoms with Crippen molar-refractivity contribution < 1.29 is 14.7 Å². The van der Waals surface area contributed by atoms with E-state index in [2.05, 4.69) is 4.98 Å². The summed E-state index contributed by atoms with van der Waals surface area (Å²) in [6.07, 6.45) is 6.86. The maximum Gasteiger partial charge on any atom is 0.337 e. The molecule has 1 amide bonds. The van der Waals surface area contributed by atoms with E-state index in [0.29, 0.717) is 5.69 Å². The van der Waals surface area contributed by atoms with Crippen LogP contribution in [0.3, 0.4) is 0 Å². The van der Waals surface area contributed by atoms with Crippen molar-refractivity contribution in [3.63, 3.8) is 0 Å². The number of rotatable bonds is 3. The Morgan fingerprint density at radius 1 is 1.26 bits per heavy atom. The van der Waals surface area contributed by atoms with Gasteiger partial charge in [-0.2, -0.15) is 0 Å². The minimum absolute atomic E-state index is 0.0943. The monoisotopic (exact) mass is 262 g/mol. The first-order valence-corrected chi connectivity index (χ1v) is 6.56. The Labute approximate surface area is 112 Å². The van der Waals surface area contributed by atoms with Crippen LogP contribution in [0.25, 0.3) is 0 Å². The van der Waals surface area contributed by atoms with Gasteiger partial charge in [-0.1, -0.05) is 19.3 Å². The third kappa shape index (κ3) is 3.10. The van der Waals surface area contributed by atoms with E-state index in [1.54, 1.807) is 11.9 Å². The van der Waals surface area contributed by atoms with Crippen LogP contribution in [-0.2, 0) is 0 Å². The van der Waals surface area contributed by atoms with E-state index in [4.69, 9.17) is 5.11 Å². The Bertz CT molecular complexity index is 464. The Morgan fingerprint density at radius 2 is 1.95 bits per heavy atom. The van der Waals surface area contributed by atoms with E-state index in [-0.39, 0.29) is 17.5 Å². The summed E-state index contributed by atoms with van der Waals surface area (Å²) in [6, 6.07) is 3.17. The van der Waals surface area contributed by atoms with E-state index in [9.17, 15) is 9.59 Å². The Hall–Kier alpha value is -1.91. The number of carboxylic acids is 1. The molecule has 1 aliphatic carbocycles. The molecule has 1 fully saturated rings. The van der Waals surface area contributed by atoms with Crippen molar-refractivity contribution in [1.29, 1.82) is 0 Å². The normalized spacial score (nSPS) is 16.1. The third-order valence-electron chi connectivity index (χ3n) is 3.67. The molecule has 0 radical (unpaired) electrons. The molecule has 0 aliphatic heterocycles. The van der Waals surface area contributed by atoms with Gasteiger partial charge in [-0.3, -0.25) is 9.78 Å². The number of carboxylic acid groups (broad SMARTS) is 1. The lowest BCUT2D eigenvalue weighted by molar-refractivity contribution is 0.0678. The lowest BCUT2D eigenvalue weighted by Crippen LogP contribution is -2.38. The van der Waals surface area contributed by atoms with E-state index in [1.165, 1.54) is 24.8 Å². The number of nitrogens with zero attached hydrogens (tertiary/aromatic N) is 2. The standard InChI is InChI=1S/C14H18N2O3/c1-16(11-5-3-2-4-6-11)13(17)12-8-7-10(9-15-12)14(18)19/h7-9,11H,2-6H2,1H3,(H,18,19). The molecule has 1 N–H and O–H groups in total. The molecule has 5 nitrogen and oxygen atoms in total. The second-order valence-electron chi connectivity index (χ2n) is 4.95. The number of hydrogen-bond acceptors (Lipinski definition) is 3. The minimum Gasteiger partial charge on any atom is -0.478 e. The van der Waals surface area contributed by atoms with Gasteiger partial charge in [0.05, 0.1) is 5.56 Å². The highest BCUT2D eigenvalue weighted by Gasteiger charge is 2.23. The summed E-state index contributed by atoms with van der Waals surface area (Å²) in [6.45, 7) is 0. The number of pyridine rings is 1. The lowest BCUT2D eigenvalue weighted by atomic mass is 9.94. The van der Waals surface area contributed by atoms with Gasteiger partial charge in [-0.15, -0.1) is 0 Å². The molecule has 2 rings (SSSR count). The van der Waals surface area contributed by atoms with Crippen molar-refractivity contribution in [3.8, 4) is 0 Å². The van der Waals surface area contributed by atoms with Crippen LogP contribution in [0, 0.1) is 0 Å². The van der Waals surface area contributed by atoms with Crippen LogP contribution in [0.4, 0.5) is 0 Å². The molecule has 0 saturated heterocycles. The molecule has 0 bridgehead atoms. The van der Waals surface area contributed by atoms with Crippen molar-refractivity contribution in [3.05, 3.63) is 29.6 Å². The van der Waals surface area contributed by atoms with Gasteiger partial charge in [0.1, 0.15) is 5.69 Å². The van der Waals surface area contributed by atoms with Gasteiger partial charge in [0.15, 0.2) is 0 Å². The zero-order valence-corrected chi connectivity index (χ0v) is 11.0. The first-order valence-electron chi connectivity index (χ1n) is 6.56. The molecule has 1 aromatic rings. The zero-order chi connectivity index (χ0) is 13.8. The van der Waals surface area contributed by atoms with Gasteiger partial charge in [0.25, 0.3) is 5.91 Å². The summed E-state index contributed by atoms with van der Waals surface area (Å²) in [4.78, 5) is 28.7. The number of hydrogen-bond donors (Lipinski definition) is 1. The van der Waals surface area contributed by atoms with Gasteiger partial charge < -0.3 is 10.0 Å². The first kappa shape index (κ1) is 13.5. The van der Waals surface area contributed by atoms with Crippen LogP contribution >= 0.6 is 0 Å². The molecule has 102 valence electrons. The molecule has 0 atom stereocenters. The molecule has 19 heavy (non-hydrogen) atoms. The molecule has 1 saturated carbocycles. The van der Waals surface area contributed by atoms with Crippen LogP contribution in [0.5, 0.6) is 0 Å². The third-order valence-corrected chi connectivity index (χ3v) is 3.67. The Balaban J connectivity index is 2.07. The number of aromatic carboxylic acids is 1. The number of carbonyl (C=O) groups excluding carboxylic acids is 1. The summed E-state index contributed by atoms with van der Waals surface area (Å²) in [7, 11) is 1.80. The van der Waals surface area contributed by atoms with Gasteiger partial charge in [0.2, 0.25) is 0 Å². The van der Waals surface area contributed by atoms with E-state index < -0.39 is 5.97 Å². The minimum atomic E-state index is -1.04. The maximum atomic E-state index is 12.2. The number of amides is 1. The van der Waals surface area contributed by atoms with Crippen molar-refractivity contribution in [2.45, 2.75) is 38.1 Å². The molecule has 1 heterocycles. The smallest absolute Gasteiger partial charge is 0.337 e. The van der Waals surface area contributed by atoms with E-state index in [1.807, 2.05) is 0 Å². The average molecular weight is 262 g/mol. The fourth-order valence-electron chi connectivity index (χ4n) is 2.46. The predicted octanol–water partition coefficient (Wildman–Crippen LogP) is 2.18. The number of carbonyl (C=O) groups is 2. The highest BCUT2D eigenvalue weighted by Crippen LogP contribution is 2.22. The second-order valence-corrected chi connectivity index (χ2v) is 4.95. The molecular weight excluding hydrogens is 244 g/mol. The van der Waals surface area contributed by atoms with E-state index >= 15 is 0 Å². The maximum absolute atomic E-state index is 12.2. The van der Waals surface area contributed by atoms with Crippen molar-refractivity contribution in [1.82, 2.24) is 9.88 Å². The van der Waals surface area contributed by atoms with Crippen molar-refractivity contribution >= 4 is 11.9 Å². The van der Waals surface area contributed by atoms with Gasteiger partial charge in [0, 0.05) is 19.3 Å². The zero-order valence-electron chi connectivity index (χ0n) is 11.0. The average Bonchev–Trinajstić information content (AvgIpc) is 2.46. The second kappa shape index (κ2) is 5.82. The molecule has 1 aromatic heterocycles. The predicted molar refractivity (Wildman–Crippen MR) is 70.2 cm³/mol. The summed E-state index contributed by atoms with van der Waals surface area (Å²) in [5, 5.41) is 8.79. The summed E-state index contributed by atoms with van der Waals surface area (Å²) >= 11 is 0. The molecule has 0 spiro atoms. The van der Waals surface area contributed by atoms with E-state index in [0.717, 1.165) is 25.7 Å². The van der Waals surface area contributed by atoms with Crippen LogP contribution < -0.4 is 0 Å². The molecule has 5 heteroatoms. The molecule has 0 aromatic carbocycles. The summed E-state index contributed by atoms with van der Waals surface area (Å²) in [5.41, 5.74) is 0.398. The fraction of sp³-hybridized carbons (Fsp3) is 0.500. The van der Waals surface area contributed by atoms with Gasteiger partial charge >= 0.3 is 5.97 Å². The van der Waals surface area contributed by atoms with Crippen molar-refractivity contribution in [2.24, 2.45) is 0 Å². The fourth-order valence-corrected chi connectivity index (χ4v) is 2.46. The van der Waals surface area contributed by atoms with Crippen LogP contribution in [0.1, 0.15) is 53.0 Å². The Morgan fingerprint density at radius 3 is 2.47 bits per heavy atom. The SMILES string of the molecule is CN(C(=O)c1ccc(C(=O)O)cn1)C1CCCCC1. The van der Waals surface area contributed by atoms with Crippen LogP contribution in [-0.4, -0.2) is 40.0 Å². The Kier molecular flexibility index (Phi) is 4.14. The topological polar surface area (TPSA) is 70.5 Å². The highest BCUT2D eigenvalue weighted by atomic mass is 16.4. The first-order chi connectivity index (χ1) is 9.09. The largest absolute Gasteiger partial charge is 0.478 e. The molecular formula is C14H18N2O3. The highest BCUT2D eigenvalue weighted by molar-refractivity contribution is 5.93. The summed E-state index contributed by atoms with van der Waals surface area (Å²) < 4.78 is 0. The summed E-state index contributed by atoms with van der Waals surface area (Å²) in [5.74, 6) is -1.17. The van der Waals surface area contributed by atoms with Gasteiger partial charge in [-0.25, -0.2) is 4.79 Å². The van der Waals surface area contributed by atoms with Gasteiger partial charge in [-0.05, 0) is 25.0 Å². The van der Waals surface area contributed by atoms with Crippen LogP contribution in [0.15, 0.2) is 18.3 Å². The lowest BCUT2D eigenvalue weighted by Gasteiger charge is -2.31. The van der Waals surface area contributed by atoms with Crippen LogP contribution in [0.2, 0.25) is 0 Å². The van der Waals surface area contributed by atoms with Crippen molar-refractivity contribution in [2.75, 3.05) is 7.05 Å². The molecule has 0 unspecified atom stereocenters. The number of aromatic nitrogens is 1. The quantitative estimate of drug-likeness (QED) is 0.906. The molecule has 1 aliphatic rings.